The molecule has 0 spiro atoms. The number of thiophene rings is 3. The molecule has 5 nitrogen and oxygen atoms in total. The fourth-order valence-electron chi connectivity index (χ4n) is 7.67. The van der Waals surface area contributed by atoms with Gasteiger partial charge >= 0.3 is 0 Å². The van der Waals surface area contributed by atoms with Gasteiger partial charge in [-0.15, -0.1) is 34.0 Å². The van der Waals surface area contributed by atoms with Crippen molar-refractivity contribution in [2.24, 2.45) is 0 Å². The number of nitrogens with zero attached hydrogens (tertiary/aromatic N) is 3. The highest BCUT2D eigenvalue weighted by molar-refractivity contribution is 7.31. The van der Waals surface area contributed by atoms with Gasteiger partial charge in [-0.3, -0.25) is 10.1 Å². The quantitative estimate of drug-likeness (QED) is 0.128. The molecule has 0 N–H and O–H groups in total. The molecule has 0 atom stereocenters. The maximum atomic E-state index is 11.7. The molecule has 0 amide bonds. The molecule has 0 saturated carbocycles. The number of aromatic nitrogens is 2. The molecule has 59 heavy (non-hydrogen) atoms. The number of fused-ring (bicyclic) bond motifs is 11. The second-order valence-electron chi connectivity index (χ2n) is 14.8. The van der Waals surface area contributed by atoms with Crippen LogP contribution in [-0.4, -0.2) is 14.9 Å². The van der Waals surface area contributed by atoms with Crippen molar-refractivity contribution in [3.63, 3.8) is 0 Å². The van der Waals surface area contributed by atoms with E-state index in [0.717, 1.165) is 86.1 Å². The van der Waals surface area contributed by atoms with E-state index < -0.39 is 0 Å². The minimum absolute atomic E-state index is 0.0459. The Balaban J connectivity index is 1.37. The van der Waals surface area contributed by atoms with Gasteiger partial charge in [0.15, 0.2) is 0 Å². The average Bonchev–Trinajstić information content (AvgIpc) is 4.11. The molecule has 284 valence electrons. The molecular weight excluding hydrogens is 783 g/mol. The number of benzene rings is 4. The zero-order valence-corrected chi connectivity index (χ0v) is 34.8. The predicted molar refractivity (Wildman–Crippen MR) is 253 cm³/mol. The van der Waals surface area contributed by atoms with Gasteiger partial charge in [0.05, 0.1) is 27.7 Å². The lowest BCUT2D eigenvalue weighted by Crippen LogP contribution is -1.89. The second-order valence-corrected chi connectivity index (χ2v) is 18.1. The summed E-state index contributed by atoms with van der Waals surface area (Å²) in [4.78, 5) is 22.2. The predicted octanol–water partition coefficient (Wildman–Crippen LogP) is 15.4. The molecule has 0 aliphatic carbocycles. The topological polar surface area (TPSA) is 68.9 Å². The van der Waals surface area contributed by atoms with Gasteiger partial charge in [0, 0.05) is 62.6 Å². The Labute approximate surface area is 353 Å². The van der Waals surface area contributed by atoms with E-state index in [0.29, 0.717) is 0 Å². The summed E-state index contributed by atoms with van der Waals surface area (Å²) in [5.41, 5.74) is 15.4. The van der Waals surface area contributed by atoms with Crippen molar-refractivity contribution in [3.05, 3.63) is 183 Å². The third kappa shape index (κ3) is 6.95. The molecule has 0 radical (unpaired) electrons. The number of aryl methyl sites for hydroxylation is 3. The van der Waals surface area contributed by atoms with Gasteiger partial charge in [-0.2, -0.15) is 0 Å². The lowest BCUT2D eigenvalue weighted by Gasteiger charge is -2.06. The van der Waals surface area contributed by atoms with Crippen molar-refractivity contribution in [2.75, 3.05) is 0 Å². The lowest BCUT2D eigenvalue weighted by molar-refractivity contribution is -0.384. The number of nitro benzene ring substituents is 1. The Morgan fingerprint density at radius 2 is 0.627 bits per heavy atom. The fourth-order valence-corrected chi connectivity index (χ4v) is 11.1. The molecule has 0 fully saturated rings. The molecule has 8 heteroatoms. The largest absolute Gasteiger partial charge is 0.269 e. The van der Waals surface area contributed by atoms with E-state index in [1.54, 1.807) is 46.1 Å². The zero-order chi connectivity index (χ0) is 40.2. The van der Waals surface area contributed by atoms with E-state index in [1.807, 2.05) is 12.1 Å². The van der Waals surface area contributed by atoms with E-state index >= 15 is 0 Å². The molecule has 4 aromatic heterocycles. The van der Waals surface area contributed by atoms with Gasteiger partial charge in [0.2, 0.25) is 0 Å². The van der Waals surface area contributed by atoms with E-state index in [-0.39, 0.29) is 10.6 Å². The first-order chi connectivity index (χ1) is 28.8. The van der Waals surface area contributed by atoms with Crippen molar-refractivity contribution in [3.8, 4) is 44.5 Å². The molecule has 2 aliphatic heterocycles. The van der Waals surface area contributed by atoms with Gasteiger partial charge in [-0.1, -0.05) is 89.5 Å². The Kier molecular flexibility index (Phi) is 9.33. The first-order valence-electron chi connectivity index (χ1n) is 19.3. The Morgan fingerprint density at radius 1 is 0.373 bits per heavy atom. The van der Waals surface area contributed by atoms with Crippen LogP contribution in [0.25, 0.3) is 97.0 Å². The molecule has 4 aromatic carbocycles. The van der Waals surface area contributed by atoms with Gasteiger partial charge in [-0.25, -0.2) is 9.97 Å². The first kappa shape index (κ1) is 36.7. The molecule has 10 bridgehead atoms. The highest BCUT2D eigenvalue weighted by Crippen LogP contribution is 2.43. The maximum absolute atomic E-state index is 11.7. The van der Waals surface area contributed by atoms with Crippen LogP contribution in [0.4, 0.5) is 5.69 Å². The van der Waals surface area contributed by atoms with Crippen LogP contribution in [0.3, 0.4) is 0 Å². The molecular formula is C51H35N3O2S3. The van der Waals surface area contributed by atoms with Gasteiger partial charge in [0.25, 0.3) is 5.69 Å². The van der Waals surface area contributed by atoms with Crippen molar-refractivity contribution in [2.45, 2.75) is 20.8 Å². The Bertz CT molecular complexity index is 3240. The fraction of sp³-hybridized carbons (Fsp3) is 0.0588. The SMILES string of the molecule is Cc1ccc(-c2c3nc(c(-c4ccc(C)cc4)c4ccc(s4)c4ccc(s4)c(-c4ccc(C)cc4)c4nc(c(-c5ccc([N+](=O)[O-])cc5)c5ccc2s5)C=C4)C=C3)cc1. The summed E-state index contributed by atoms with van der Waals surface area (Å²) in [6.07, 6.45) is 8.48. The third-order valence-corrected chi connectivity index (χ3v) is 14.3. The van der Waals surface area contributed by atoms with Crippen LogP contribution >= 0.6 is 34.0 Å². The Morgan fingerprint density at radius 3 is 0.915 bits per heavy atom. The van der Waals surface area contributed by atoms with Crippen LogP contribution in [0, 0.1) is 30.9 Å². The van der Waals surface area contributed by atoms with Crippen LogP contribution in [0.5, 0.6) is 0 Å². The minimum atomic E-state index is -0.358. The molecule has 8 aromatic rings. The highest BCUT2D eigenvalue weighted by Gasteiger charge is 2.19. The standard InChI is InChI=1S/C51H35N3O2S3/c1-30-4-10-33(11-5-30)48-38-20-22-40(52-38)50(35-14-8-32(3)9-15-35)46-28-29-47(59-46)51(36-16-18-37(19-17-36)54(55)56)41-23-21-39(53-41)49(34-12-6-31(2)7-13-34)45-27-25-43(58-45)42-24-26-44(48)57-42/h4-29H,1-3H3. The van der Waals surface area contributed by atoms with Crippen LogP contribution in [0.15, 0.2) is 133 Å². The van der Waals surface area contributed by atoms with Crippen molar-refractivity contribution in [1.29, 1.82) is 0 Å². The third-order valence-electron chi connectivity index (χ3n) is 10.7. The van der Waals surface area contributed by atoms with E-state index in [2.05, 4.69) is 154 Å². The van der Waals surface area contributed by atoms with Crippen molar-refractivity contribution in [1.82, 2.24) is 9.97 Å². The van der Waals surface area contributed by atoms with Gasteiger partial charge in [0.1, 0.15) is 0 Å². The number of non-ortho nitro benzene ring substituents is 1. The number of hydrogen-bond donors (Lipinski definition) is 0. The smallest absolute Gasteiger partial charge is 0.258 e. The normalized spacial score (nSPS) is 12.0. The van der Waals surface area contributed by atoms with E-state index in [1.165, 1.54) is 26.1 Å². The number of rotatable bonds is 5. The van der Waals surface area contributed by atoms with Crippen LogP contribution in [-0.2, 0) is 0 Å². The molecule has 0 unspecified atom stereocenters. The molecule has 0 saturated heterocycles. The molecule has 10 rings (SSSR count). The summed E-state index contributed by atoms with van der Waals surface area (Å²) in [5, 5.41) is 11.7. The minimum Gasteiger partial charge on any atom is -0.258 e. The summed E-state index contributed by atoms with van der Waals surface area (Å²) < 4.78 is 6.72. The summed E-state index contributed by atoms with van der Waals surface area (Å²) in [5.74, 6) is 0. The van der Waals surface area contributed by atoms with E-state index in [9.17, 15) is 10.1 Å². The highest BCUT2D eigenvalue weighted by atomic mass is 32.1. The van der Waals surface area contributed by atoms with Crippen molar-refractivity contribution >= 4 is 92.2 Å². The zero-order valence-electron chi connectivity index (χ0n) is 32.4. The van der Waals surface area contributed by atoms with Gasteiger partial charge in [-0.05, 0) is 116 Å². The number of hydrogen-bond acceptors (Lipinski definition) is 7. The van der Waals surface area contributed by atoms with Crippen molar-refractivity contribution < 1.29 is 4.92 Å². The van der Waals surface area contributed by atoms with Gasteiger partial charge < -0.3 is 0 Å². The average molecular weight is 818 g/mol. The summed E-state index contributed by atoms with van der Waals surface area (Å²) in [6, 6.07) is 46.1. The number of nitro groups is 1. The van der Waals surface area contributed by atoms with Crippen LogP contribution < -0.4 is 0 Å². The van der Waals surface area contributed by atoms with Crippen LogP contribution in [0.1, 0.15) is 39.5 Å². The molecule has 2 aliphatic rings. The summed E-state index contributed by atoms with van der Waals surface area (Å²) in [7, 11) is 0. The monoisotopic (exact) mass is 817 g/mol. The summed E-state index contributed by atoms with van der Waals surface area (Å²) >= 11 is 5.24. The van der Waals surface area contributed by atoms with Crippen LogP contribution in [0.2, 0.25) is 0 Å². The summed E-state index contributed by atoms with van der Waals surface area (Å²) in [6.45, 7) is 6.33. The molecule has 6 heterocycles. The van der Waals surface area contributed by atoms with E-state index in [4.69, 9.17) is 9.97 Å². The first-order valence-corrected chi connectivity index (χ1v) is 21.7. The Hall–Kier alpha value is -6.58. The lowest BCUT2D eigenvalue weighted by atomic mass is 10.0. The maximum Gasteiger partial charge on any atom is 0.269 e. The second kappa shape index (κ2) is 15.0.